The van der Waals surface area contributed by atoms with Crippen molar-refractivity contribution in [1.82, 2.24) is 29.9 Å². The Balaban J connectivity index is 1.54. The lowest BCUT2D eigenvalue weighted by molar-refractivity contribution is -0.143. The number of nitrogens with zero attached hydrogens (tertiary/aromatic N) is 6. The number of halogens is 4. The second-order valence-electron chi connectivity index (χ2n) is 6.94. The fourth-order valence-electron chi connectivity index (χ4n) is 3.39. The highest BCUT2D eigenvalue weighted by Gasteiger charge is 2.41. The molecular formula is C21H11ClF3N7O2. The maximum Gasteiger partial charge on any atom is 0.434 e. The Morgan fingerprint density at radius 1 is 1.09 bits per heavy atom. The van der Waals surface area contributed by atoms with Gasteiger partial charge in [0.15, 0.2) is 5.69 Å². The van der Waals surface area contributed by atoms with Gasteiger partial charge in [0, 0.05) is 17.8 Å². The van der Waals surface area contributed by atoms with Crippen LogP contribution < -0.4 is 5.32 Å². The van der Waals surface area contributed by atoms with E-state index in [9.17, 15) is 18.0 Å². The van der Waals surface area contributed by atoms with Crippen LogP contribution in [0.2, 0.25) is 5.35 Å². The van der Waals surface area contributed by atoms with Gasteiger partial charge in [-0.3, -0.25) is 14.8 Å². The fraction of sp³-hybridized carbons (Fsp3) is 0.0476. The first-order valence-electron chi connectivity index (χ1n) is 9.56. The van der Waals surface area contributed by atoms with Crippen LogP contribution in [0.25, 0.3) is 28.0 Å². The van der Waals surface area contributed by atoms with E-state index >= 15 is 0 Å². The smallest absolute Gasteiger partial charge is 0.407 e. The number of hydrogen-bond donors (Lipinski definition) is 1. The molecule has 0 bridgehead atoms. The van der Waals surface area contributed by atoms with Gasteiger partial charge >= 0.3 is 11.5 Å². The van der Waals surface area contributed by atoms with Crippen molar-refractivity contribution in [3.8, 4) is 17.1 Å². The number of anilines is 1. The third kappa shape index (κ3) is 3.94. The van der Waals surface area contributed by atoms with Crippen molar-refractivity contribution in [1.29, 1.82) is 0 Å². The van der Waals surface area contributed by atoms with Crippen LogP contribution in [0.5, 0.6) is 0 Å². The molecule has 1 amide bonds. The molecule has 34 heavy (non-hydrogen) atoms. The second-order valence-corrected chi connectivity index (χ2v) is 7.26. The highest BCUT2D eigenvalue weighted by atomic mass is 35.5. The van der Waals surface area contributed by atoms with Gasteiger partial charge in [-0.1, -0.05) is 11.2 Å². The Hall–Kier alpha value is -4.32. The number of benzene rings is 1. The Morgan fingerprint density at radius 3 is 2.71 bits per heavy atom. The number of carbonyl (C=O) groups excluding carboxylic acids is 1. The van der Waals surface area contributed by atoms with E-state index in [1.807, 2.05) is 0 Å². The molecule has 5 aromatic rings. The summed E-state index contributed by atoms with van der Waals surface area (Å²) in [7, 11) is 0. The second kappa shape index (κ2) is 8.23. The Labute approximate surface area is 193 Å². The van der Waals surface area contributed by atoms with E-state index in [0.29, 0.717) is 21.1 Å². The number of aromatic nitrogens is 6. The summed E-state index contributed by atoms with van der Waals surface area (Å²) in [5.74, 6) is -0.999. The predicted octanol–water partition coefficient (Wildman–Crippen LogP) is 4.79. The molecule has 13 heteroatoms. The molecule has 0 fully saturated rings. The summed E-state index contributed by atoms with van der Waals surface area (Å²) in [4.78, 5) is 21.0. The zero-order chi connectivity index (χ0) is 23.9. The van der Waals surface area contributed by atoms with E-state index in [-0.39, 0.29) is 22.6 Å². The van der Waals surface area contributed by atoms with Crippen LogP contribution in [0.3, 0.4) is 0 Å². The summed E-state index contributed by atoms with van der Waals surface area (Å²) in [6, 6.07) is 9.33. The van der Waals surface area contributed by atoms with E-state index in [4.69, 9.17) is 16.0 Å². The van der Waals surface area contributed by atoms with Crippen LogP contribution in [0.1, 0.15) is 16.1 Å². The molecule has 170 valence electrons. The molecule has 1 N–H and O–H groups in total. The molecule has 4 aromatic heterocycles. The summed E-state index contributed by atoms with van der Waals surface area (Å²) in [6.07, 6.45) is 0.139. The third-order valence-corrected chi connectivity index (χ3v) is 4.93. The minimum atomic E-state index is -4.88. The number of nitrogens with one attached hydrogen (secondary N) is 1. The summed E-state index contributed by atoms with van der Waals surface area (Å²) in [5, 5.41) is 13.7. The van der Waals surface area contributed by atoms with Crippen LogP contribution in [0.15, 0.2) is 65.6 Å². The Bertz CT molecular complexity index is 1530. The average molecular weight is 486 g/mol. The third-order valence-electron chi connectivity index (χ3n) is 4.78. The molecule has 9 nitrogen and oxygen atoms in total. The van der Waals surface area contributed by atoms with Crippen LogP contribution in [-0.4, -0.2) is 35.9 Å². The highest BCUT2D eigenvalue weighted by molar-refractivity contribution is 6.27. The van der Waals surface area contributed by atoms with E-state index in [1.54, 1.807) is 24.3 Å². The van der Waals surface area contributed by atoms with Gasteiger partial charge in [-0.25, -0.2) is 4.68 Å². The largest absolute Gasteiger partial charge is 0.434 e. The monoisotopic (exact) mass is 485 g/mol. The lowest BCUT2D eigenvalue weighted by Crippen LogP contribution is -2.21. The maximum absolute atomic E-state index is 14.1. The van der Waals surface area contributed by atoms with Crippen molar-refractivity contribution >= 4 is 34.1 Å². The van der Waals surface area contributed by atoms with Gasteiger partial charge in [0.1, 0.15) is 0 Å². The van der Waals surface area contributed by atoms with E-state index in [1.165, 1.54) is 30.7 Å². The van der Waals surface area contributed by atoms with Gasteiger partial charge in [-0.05, 0) is 41.9 Å². The molecule has 0 aliphatic carbocycles. The van der Waals surface area contributed by atoms with E-state index < -0.39 is 23.3 Å². The van der Waals surface area contributed by atoms with Crippen molar-refractivity contribution in [3.05, 3.63) is 77.8 Å². The van der Waals surface area contributed by atoms with Gasteiger partial charge in [0.2, 0.25) is 0 Å². The minimum absolute atomic E-state index is 0.0296. The van der Waals surface area contributed by atoms with Gasteiger partial charge in [0.25, 0.3) is 11.8 Å². The topological polar surface area (TPSA) is 112 Å². The van der Waals surface area contributed by atoms with Crippen molar-refractivity contribution in [3.63, 3.8) is 0 Å². The molecule has 0 aliphatic rings. The molecule has 0 saturated heterocycles. The number of alkyl halides is 3. The molecule has 0 atom stereocenters. The summed E-state index contributed by atoms with van der Waals surface area (Å²) < 4.78 is 48.1. The number of amides is 1. The average Bonchev–Trinajstić information content (AvgIpc) is 3.46. The van der Waals surface area contributed by atoms with Crippen molar-refractivity contribution in [2.45, 2.75) is 6.18 Å². The maximum atomic E-state index is 14.1. The van der Waals surface area contributed by atoms with Gasteiger partial charge in [0.05, 0.1) is 40.4 Å². The van der Waals surface area contributed by atoms with Crippen molar-refractivity contribution in [2.75, 3.05) is 5.32 Å². The zero-order valence-electron chi connectivity index (χ0n) is 16.8. The van der Waals surface area contributed by atoms with Gasteiger partial charge < -0.3 is 9.73 Å². The van der Waals surface area contributed by atoms with Crippen LogP contribution >= 0.6 is 11.6 Å². The highest BCUT2D eigenvalue weighted by Crippen LogP contribution is 2.35. The number of rotatable bonds is 4. The first kappa shape index (κ1) is 21.5. The van der Waals surface area contributed by atoms with Crippen molar-refractivity contribution in [2.24, 2.45) is 0 Å². The van der Waals surface area contributed by atoms with Gasteiger partial charge in [-0.2, -0.15) is 18.3 Å². The van der Waals surface area contributed by atoms with Crippen LogP contribution in [0.4, 0.5) is 18.9 Å². The molecule has 4 heterocycles. The SMILES string of the molecule is O=C(Nc1cncc(-c2nnc(Cl)o2)c1)c1cnn(-c2cccc3ncccc23)c1C(F)(F)F. The first-order valence-corrected chi connectivity index (χ1v) is 9.94. The fourth-order valence-corrected chi connectivity index (χ4v) is 3.50. The summed E-state index contributed by atoms with van der Waals surface area (Å²) in [6.45, 7) is 0. The molecular weight excluding hydrogens is 475 g/mol. The molecule has 0 aliphatic heterocycles. The van der Waals surface area contributed by atoms with E-state index in [2.05, 4.69) is 30.6 Å². The molecule has 0 unspecified atom stereocenters. The number of carbonyl (C=O) groups is 1. The number of hydrogen-bond acceptors (Lipinski definition) is 7. The van der Waals surface area contributed by atoms with Crippen molar-refractivity contribution < 1.29 is 22.4 Å². The number of pyridine rings is 2. The zero-order valence-corrected chi connectivity index (χ0v) is 17.5. The van der Waals surface area contributed by atoms with E-state index in [0.717, 1.165) is 6.20 Å². The first-order chi connectivity index (χ1) is 16.3. The molecule has 0 saturated carbocycles. The van der Waals surface area contributed by atoms with Crippen LogP contribution in [0, 0.1) is 0 Å². The normalized spacial score (nSPS) is 11.6. The molecule has 5 rings (SSSR count). The molecule has 0 spiro atoms. The summed E-state index contributed by atoms with van der Waals surface area (Å²) >= 11 is 5.61. The lowest BCUT2D eigenvalue weighted by Gasteiger charge is -2.14. The molecule has 0 radical (unpaired) electrons. The Morgan fingerprint density at radius 2 is 1.94 bits per heavy atom. The van der Waals surface area contributed by atoms with Gasteiger partial charge in [-0.15, -0.1) is 5.10 Å². The minimum Gasteiger partial charge on any atom is -0.407 e. The number of fused-ring (bicyclic) bond motifs is 1. The molecule has 1 aromatic carbocycles. The quantitative estimate of drug-likeness (QED) is 0.389. The Kier molecular flexibility index (Phi) is 5.21. The van der Waals surface area contributed by atoms with Crippen LogP contribution in [-0.2, 0) is 6.18 Å². The standard InChI is InChI=1S/C21H11ClF3N7O2/c22-20-31-30-19(34-20)11-7-12(9-26-8-11)29-18(33)14-10-28-32(17(14)21(23,24)25)16-5-1-4-15-13(16)3-2-6-27-15/h1-10H,(H,29,33). The predicted molar refractivity (Wildman–Crippen MR) is 114 cm³/mol. The summed E-state index contributed by atoms with van der Waals surface area (Å²) in [5.41, 5.74) is -0.861. The lowest BCUT2D eigenvalue weighted by atomic mass is 10.1.